The van der Waals surface area contributed by atoms with Gasteiger partial charge in [-0.05, 0) is 41.4 Å². The zero-order chi connectivity index (χ0) is 8.39. The summed E-state index contributed by atoms with van der Waals surface area (Å²) in [5.74, 6) is 0.274. The molecule has 0 saturated heterocycles. The van der Waals surface area contributed by atoms with Crippen LogP contribution in [0.15, 0.2) is 30.5 Å². The third kappa shape index (κ3) is 1.29. The molecular formula is C8H6N2OS. The molecule has 0 unspecified atom stereocenters. The molecule has 0 aliphatic carbocycles. The van der Waals surface area contributed by atoms with Gasteiger partial charge in [0, 0.05) is 0 Å². The molecule has 1 aromatic heterocycles. The molecule has 0 aliphatic rings. The van der Waals surface area contributed by atoms with Gasteiger partial charge in [-0.2, -0.15) is 0 Å². The fourth-order valence-electron chi connectivity index (χ4n) is 0.920. The highest BCUT2D eigenvalue weighted by atomic mass is 32.1. The molecule has 0 radical (unpaired) electrons. The molecule has 60 valence electrons. The largest absolute Gasteiger partial charge is 0.508 e. The zero-order valence-corrected chi connectivity index (χ0v) is 6.95. The van der Waals surface area contributed by atoms with Gasteiger partial charge in [-0.25, -0.2) is 0 Å². The minimum Gasteiger partial charge on any atom is -0.508 e. The van der Waals surface area contributed by atoms with Gasteiger partial charge in [0.05, 0.1) is 11.1 Å². The first-order valence-corrected chi connectivity index (χ1v) is 4.20. The molecule has 3 nitrogen and oxygen atoms in total. The Balaban J connectivity index is 2.43. The molecule has 1 aromatic carbocycles. The number of benzene rings is 1. The van der Waals surface area contributed by atoms with Gasteiger partial charge in [-0.3, -0.25) is 0 Å². The Morgan fingerprint density at radius 3 is 2.50 bits per heavy atom. The second kappa shape index (κ2) is 2.91. The summed E-state index contributed by atoms with van der Waals surface area (Å²) in [6, 6.07) is 6.97. The van der Waals surface area contributed by atoms with E-state index in [1.165, 1.54) is 11.5 Å². The summed E-state index contributed by atoms with van der Waals surface area (Å²) in [7, 11) is 0. The minimum atomic E-state index is 0.274. The Bertz CT molecular complexity index is 355. The maximum absolute atomic E-state index is 9.03. The number of aromatic hydroxyl groups is 1. The summed E-state index contributed by atoms with van der Waals surface area (Å²) in [6.45, 7) is 0. The summed E-state index contributed by atoms with van der Waals surface area (Å²) in [4.78, 5) is 1.01. The molecule has 0 aliphatic heterocycles. The highest BCUT2D eigenvalue weighted by molar-refractivity contribution is 7.09. The molecule has 0 saturated carbocycles. The fourth-order valence-corrected chi connectivity index (χ4v) is 1.44. The van der Waals surface area contributed by atoms with Crippen LogP contribution in [-0.4, -0.2) is 14.7 Å². The average Bonchev–Trinajstić information content (AvgIpc) is 2.58. The summed E-state index contributed by atoms with van der Waals surface area (Å²) < 4.78 is 3.75. The van der Waals surface area contributed by atoms with Crippen LogP contribution in [0.5, 0.6) is 5.75 Å². The Kier molecular flexibility index (Phi) is 1.75. The number of aromatic nitrogens is 2. The molecule has 0 amide bonds. The third-order valence-corrected chi connectivity index (χ3v) is 2.23. The monoisotopic (exact) mass is 178 g/mol. The highest BCUT2D eigenvalue weighted by Crippen LogP contribution is 2.23. The van der Waals surface area contributed by atoms with Crippen molar-refractivity contribution in [3.05, 3.63) is 30.5 Å². The number of nitrogens with zero attached hydrogens (tertiary/aromatic N) is 2. The quantitative estimate of drug-likeness (QED) is 0.725. The van der Waals surface area contributed by atoms with E-state index in [1.54, 1.807) is 18.3 Å². The molecule has 4 heteroatoms. The van der Waals surface area contributed by atoms with Gasteiger partial charge >= 0.3 is 0 Å². The van der Waals surface area contributed by atoms with Crippen LogP contribution in [0.25, 0.3) is 10.4 Å². The molecule has 0 bridgehead atoms. The van der Waals surface area contributed by atoms with E-state index in [9.17, 15) is 0 Å². The predicted molar refractivity (Wildman–Crippen MR) is 47.0 cm³/mol. The Morgan fingerprint density at radius 1 is 1.17 bits per heavy atom. The highest BCUT2D eigenvalue weighted by Gasteiger charge is 1.98. The Hall–Kier alpha value is -1.42. The summed E-state index contributed by atoms with van der Waals surface area (Å²) in [5.41, 5.74) is 1.03. The van der Waals surface area contributed by atoms with Gasteiger partial charge in [0.25, 0.3) is 0 Å². The third-order valence-electron chi connectivity index (χ3n) is 1.51. The molecule has 0 atom stereocenters. The fraction of sp³-hybridized carbons (Fsp3) is 0. The molecule has 0 spiro atoms. The number of hydrogen-bond acceptors (Lipinski definition) is 4. The van der Waals surface area contributed by atoms with Crippen molar-refractivity contribution in [3.8, 4) is 16.2 Å². The van der Waals surface area contributed by atoms with Gasteiger partial charge in [0.15, 0.2) is 0 Å². The predicted octanol–water partition coefficient (Wildman–Crippen LogP) is 1.91. The van der Waals surface area contributed by atoms with Crippen LogP contribution in [-0.2, 0) is 0 Å². The van der Waals surface area contributed by atoms with Gasteiger partial charge in [0.1, 0.15) is 5.75 Å². The van der Waals surface area contributed by atoms with Crippen LogP contribution < -0.4 is 0 Å². The van der Waals surface area contributed by atoms with Crippen molar-refractivity contribution in [3.63, 3.8) is 0 Å². The van der Waals surface area contributed by atoms with E-state index in [2.05, 4.69) is 9.59 Å². The van der Waals surface area contributed by atoms with Gasteiger partial charge in [0.2, 0.25) is 0 Å². The number of rotatable bonds is 1. The standard InChI is InChI=1S/C8H6N2OS/c11-7-3-1-6(2-4-7)8-5-9-10-12-8/h1-5,11H. The van der Waals surface area contributed by atoms with Crippen LogP contribution in [0, 0.1) is 0 Å². The lowest BCUT2D eigenvalue weighted by atomic mass is 10.2. The first-order valence-electron chi connectivity index (χ1n) is 3.43. The SMILES string of the molecule is Oc1ccc(-c2cnns2)cc1. The van der Waals surface area contributed by atoms with Crippen molar-refractivity contribution in [2.75, 3.05) is 0 Å². The topological polar surface area (TPSA) is 46.0 Å². The van der Waals surface area contributed by atoms with Crippen LogP contribution in [0.4, 0.5) is 0 Å². The molecule has 1 N–H and O–H groups in total. The number of phenols is 1. The van der Waals surface area contributed by atoms with Gasteiger partial charge < -0.3 is 5.11 Å². The van der Waals surface area contributed by atoms with Crippen LogP contribution in [0.2, 0.25) is 0 Å². The first-order chi connectivity index (χ1) is 5.86. The van der Waals surface area contributed by atoms with Gasteiger partial charge in [-0.1, -0.05) is 4.49 Å². The normalized spacial score (nSPS) is 10.0. The van der Waals surface area contributed by atoms with Crippen molar-refractivity contribution in [1.29, 1.82) is 0 Å². The molecule has 2 aromatic rings. The van der Waals surface area contributed by atoms with Crippen molar-refractivity contribution in [1.82, 2.24) is 9.59 Å². The van der Waals surface area contributed by atoms with E-state index in [-0.39, 0.29) is 5.75 Å². The Morgan fingerprint density at radius 2 is 1.92 bits per heavy atom. The van der Waals surface area contributed by atoms with Crippen LogP contribution in [0.1, 0.15) is 0 Å². The first kappa shape index (κ1) is 7.24. The maximum atomic E-state index is 9.03. The lowest BCUT2D eigenvalue weighted by Crippen LogP contribution is -1.70. The molecule has 1 heterocycles. The van der Waals surface area contributed by atoms with Crippen molar-refractivity contribution < 1.29 is 5.11 Å². The van der Waals surface area contributed by atoms with Crippen molar-refractivity contribution in [2.24, 2.45) is 0 Å². The summed E-state index contributed by atoms with van der Waals surface area (Å²) >= 11 is 1.34. The maximum Gasteiger partial charge on any atom is 0.115 e. The summed E-state index contributed by atoms with van der Waals surface area (Å²) in [5, 5.41) is 12.8. The molecular weight excluding hydrogens is 172 g/mol. The van der Waals surface area contributed by atoms with Crippen molar-refractivity contribution in [2.45, 2.75) is 0 Å². The van der Waals surface area contributed by atoms with E-state index < -0.39 is 0 Å². The molecule has 0 fully saturated rings. The lowest BCUT2D eigenvalue weighted by molar-refractivity contribution is 0.475. The molecule has 2 rings (SSSR count). The lowest BCUT2D eigenvalue weighted by Gasteiger charge is -1.94. The number of hydrogen-bond donors (Lipinski definition) is 1. The van der Waals surface area contributed by atoms with Crippen LogP contribution >= 0.6 is 11.5 Å². The van der Waals surface area contributed by atoms with E-state index in [0.29, 0.717) is 0 Å². The second-order valence-electron chi connectivity index (χ2n) is 2.33. The zero-order valence-electron chi connectivity index (χ0n) is 6.14. The summed E-state index contributed by atoms with van der Waals surface area (Å²) in [6.07, 6.45) is 1.71. The van der Waals surface area contributed by atoms with E-state index in [1.807, 2.05) is 12.1 Å². The van der Waals surface area contributed by atoms with E-state index in [4.69, 9.17) is 5.11 Å². The second-order valence-corrected chi connectivity index (χ2v) is 3.11. The Labute approximate surface area is 73.5 Å². The van der Waals surface area contributed by atoms with Crippen LogP contribution in [0.3, 0.4) is 0 Å². The van der Waals surface area contributed by atoms with E-state index in [0.717, 1.165) is 10.4 Å². The molecule has 12 heavy (non-hydrogen) atoms. The number of phenolic OH excluding ortho intramolecular Hbond substituents is 1. The van der Waals surface area contributed by atoms with Crippen molar-refractivity contribution >= 4 is 11.5 Å². The van der Waals surface area contributed by atoms with E-state index >= 15 is 0 Å². The smallest absolute Gasteiger partial charge is 0.115 e. The van der Waals surface area contributed by atoms with Gasteiger partial charge in [-0.15, -0.1) is 5.10 Å². The minimum absolute atomic E-state index is 0.274. The average molecular weight is 178 g/mol.